The van der Waals surface area contributed by atoms with Crippen LogP contribution in [0.4, 0.5) is 5.82 Å². The number of nitrogens with zero attached hydrogens (tertiary/aromatic N) is 3. The fourth-order valence-electron chi connectivity index (χ4n) is 3.76. The molecule has 4 nitrogen and oxygen atoms in total. The molecule has 2 aliphatic rings. The molecule has 2 aromatic heterocycles. The predicted octanol–water partition coefficient (Wildman–Crippen LogP) is 5.62. The van der Waals surface area contributed by atoms with Crippen molar-refractivity contribution in [3.05, 3.63) is 43.0 Å². The largest absolute Gasteiger partial charge is 0.367 e. The molecule has 0 saturated heterocycles. The van der Waals surface area contributed by atoms with E-state index in [0.717, 1.165) is 17.8 Å². The number of rotatable bonds is 3. The maximum atomic E-state index is 4.87. The minimum atomic E-state index is 0.588. The molecule has 2 aliphatic carbocycles. The highest BCUT2D eigenvalue weighted by Crippen LogP contribution is 2.33. The van der Waals surface area contributed by atoms with Crippen molar-refractivity contribution in [1.82, 2.24) is 14.4 Å². The number of allylic oxidation sites excluding steroid dienone is 3. The minimum absolute atomic E-state index is 0.588. The summed E-state index contributed by atoms with van der Waals surface area (Å²) in [4.78, 5) is 9.10. The Morgan fingerprint density at radius 3 is 2.72 bits per heavy atom. The topological polar surface area (TPSA) is 42.2 Å². The quantitative estimate of drug-likeness (QED) is 0.738. The first-order valence-electron chi connectivity index (χ1n) is 9.68. The van der Waals surface area contributed by atoms with Gasteiger partial charge in [-0.15, -0.1) is 6.58 Å². The Bertz CT molecular complexity index is 723. The first-order chi connectivity index (χ1) is 12.3. The van der Waals surface area contributed by atoms with Gasteiger partial charge in [0.2, 0.25) is 0 Å². The first-order valence-corrected chi connectivity index (χ1v) is 9.68. The molecule has 4 heteroatoms. The maximum Gasteiger partial charge on any atom is 0.157 e. The molecule has 0 amide bonds. The molecule has 0 aromatic carbocycles. The molecule has 0 spiro atoms. The second-order valence-electron chi connectivity index (χ2n) is 6.98. The van der Waals surface area contributed by atoms with Gasteiger partial charge < -0.3 is 5.32 Å². The van der Waals surface area contributed by atoms with Gasteiger partial charge >= 0.3 is 0 Å². The molecule has 4 rings (SSSR count). The number of aromatic nitrogens is 3. The normalized spacial score (nSPS) is 18.2. The average molecular weight is 338 g/mol. The smallest absolute Gasteiger partial charge is 0.157 e. The number of nitrogens with one attached hydrogen (secondary N) is 1. The van der Waals surface area contributed by atoms with Crippen LogP contribution < -0.4 is 5.32 Å². The Kier molecular flexibility index (Phi) is 6.26. The summed E-state index contributed by atoms with van der Waals surface area (Å²) in [5, 5.41) is 3.80. The van der Waals surface area contributed by atoms with Crippen molar-refractivity contribution in [2.75, 3.05) is 5.32 Å². The van der Waals surface area contributed by atoms with Crippen LogP contribution in [0.15, 0.2) is 37.3 Å². The molecule has 1 N–H and O–H groups in total. The van der Waals surface area contributed by atoms with Gasteiger partial charge in [-0.2, -0.15) is 0 Å². The van der Waals surface area contributed by atoms with Crippen molar-refractivity contribution in [3.8, 4) is 0 Å². The third kappa shape index (κ3) is 4.30. The Balaban J connectivity index is 0.000000569. The van der Waals surface area contributed by atoms with Crippen LogP contribution in [0.25, 0.3) is 11.2 Å². The Morgan fingerprint density at radius 2 is 2.00 bits per heavy atom. The van der Waals surface area contributed by atoms with Gasteiger partial charge in [-0.05, 0) is 51.0 Å². The van der Waals surface area contributed by atoms with Crippen molar-refractivity contribution in [2.45, 2.75) is 70.8 Å². The van der Waals surface area contributed by atoms with Crippen molar-refractivity contribution < 1.29 is 0 Å². The molecule has 2 aromatic rings. The lowest BCUT2D eigenvalue weighted by Gasteiger charge is -2.24. The van der Waals surface area contributed by atoms with Crippen molar-refractivity contribution in [3.63, 3.8) is 0 Å². The number of imidazole rings is 1. The molecule has 0 aliphatic heterocycles. The molecular weight excluding hydrogens is 308 g/mol. The summed E-state index contributed by atoms with van der Waals surface area (Å²) < 4.78 is 2.17. The number of fused-ring (bicyclic) bond motifs is 1. The summed E-state index contributed by atoms with van der Waals surface area (Å²) in [7, 11) is 0. The van der Waals surface area contributed by atoms with E-state index < -0.39 is 0 Å². The van der Waals surface area contributed by atoms with Crippen LogP contribution in [-0.4, -0.2) is 20.4 Å². The summed E-state index contributed by atoms with van der Waals surface area (Å²) in [5.74, 6) is 1.18. The zero-order chi connectivity index (χ0) is 17.5. The van der Waals surface area contributed by atoms with E-state index in [1.165, 1.54) is 62.8 Å². The van der Waals surface area contributed by atoms with Crippen molar-refractivity contribution in [1.29, 1.82) is 0 Å². The number of hydrogen-bond acceptors (Lipinski definition) is 3. The minimum Gasteiger partial charge on any atom is -0.367 e. The van der Waals surface area contributed by atoms with E-state index in [9.17, 15) is 0 Å². The lowest BCUT2D eigenvalue weighted by molar-refractivity contribution is 0.461. The van der Waals surface area contributed by atoms with Gasteiger partial charge in [-0.25, -0.2) is 4.98 Å². The van der Waals surface area contributed by atoms with E-state index in [1.54, 1.807) is 6.08 Å². The summed E-state index contributed by atoms with van der Waals surface area (Å²) in [6, 6.07) is 0.588. The predicted molar refractivity (Wildman–Crippen MR) is 106 cm³/mol. The van der Waals surface area contributed by atoms with Gasteiger partial charge in [0, 0.05) is 18.4 Å². The molecule has 1 saturated carbocycles. The van der Waals surface area contributed by atoms with Crippen LogP contribution in [0.5, 0.6) is 0 Å². The van der Waals surface area contributed by atoms with E-state index >= 15 is 0 Å². The van der Waals surface area contributed by atoms with Crippen LogP contribution >= 0.6 is 0 Å². The highest BCUT2D eigenvalue weighted by atomic mass is 15.2. The molecular formula is C21H30N4. The Labute approximate surface area is 151 Å². The summed E-state index contributed by atoms with van der Waals surface area (Å²) in [5.41, 5.74) is 3.51. The van der Waals surface area contributed by atoms with Gasteiger partial charge in [0.15, 0.2) is 5.65 Å². The monoisotopic (exact) mass is 338 g/mol. The van der Waals surface area contributed by atoms with Crippen LogP contribution in [-0.2, 0) is 0 Å². The van der Waals surface area contributed by atoms with Gasteiger partial charge in [0.25, 0.3) is 0 Å². The third-order valence-corrected chi connectivity index (χ3v) is 4.97. The zero-order valence-electron chi connectivity index (χ0n) is 15.4. The van der Waals surface area contributed by atoms with E-state index in [0.29, 0.717) is 6.04 Å². The van der Waals surface area contributed by atoms with Crippen LogP contribution in [0.3, 0.4) is 0 Å². The fourth-order valence-corrected chi connectivity index (χ4v) is 3.76. The van der Waals surface area contributed by atoms with E-state index in [2.05, 4.69) is 27.4 Å². The second kappa shape index (κ2) is 8.84. The van der Waals surface area contributed by atoms with Crippen LogP contribution in [0.1, 0.15) is 70.4 Å². The first kappa shape index (κ1) is 17.7. The van der Waals surface area contributed by atoms with Crippen LogP contribution in [0.2, 0.25) is 0 Å². The SMILES string of the molecule is C1=C(c2nc3cnccn3c2NC2CCCCC2)CCCC1.C=CC. The maximum absolute atomic E-state index is 4.87. The summed E-state index contributed by atoms with van der Waals surface area (Å²) in [6.45, 7) is 5.25. The molecule has 0 radical (unpaired) electrons. The zero-order valence-corrected chi connectivity index (χ0v) is 15.4. The summed E-state index contributed by atoms with van der Waals surface area (Å²) >= 11 is 0. The van der Waals surface area contributed by atoms with Gasteiger partial charge in [-0.3, -0.25) is 9.38 Å². The molecule has 0 unspecified atom stereocenters. The number of anilines is 1. The molecule has 25 heavy (non-hydrogen) atoms. The van der Waals surface area contributed by atoms with Gasteiger partial charge in [0.05, 0.1) is 6.20 Å². The highest BCUT2D eigenvalue weighted by Gasteiger charge is 2.21. The van der Waals surface area contributed by atoms with E-state index in [1.807, 2.05) is 25.5 Å². The molecule has 134 valence electrons. The average Bonchev–Trinajstić information content (AvgIpc) is 3.03. The highest BCUT2D eigenvalue weighted by molar-refractivity contribution is 5.75. The van der Waals surface area contributed by atoms with E-state index in [-0.39, 0.29) is 0 Å². The lowest BCUT2D eigenvalue weighted by atomic mass is 9.94. The fraction of sp³-hybridized carbons (Fsp3) is 0.524. The molecule has 1 fully saturated rings. The third-order valence-electron chi connectivity index (χ3n) is 4.97. The van der Waals surface area contributed by atoms with Crippen molar-refractivity contribution in [2.24, 2.45) is 0 Å². The van der Waals surface area contributed by atoms with Crippen molar-refractivity contribution >= 4 is 17.0 Å². The molecule has 0 bridgehead atoms. The van der Waals surface area contributed by atoms with Crippen LogP contribution in [0, 0.1) is 0 Å². The van der Waals surface area contributed by atoms with E-state index in [4.69, 9.17) is 4.98 Å². The number of hydrogen-bond donors (Lipinski definition) is 1. The Morgan fingerprint density at radius 1 is 1.20 bits per heavy atom. The second-order valence-corrected chi connectivity index (χ2v) is 6.98. The standard InChI is InChI=1S/C18H24N4.C3H6/c1-3-7-14(8-4-1)17-18(20-15-9-5-2-6-10-15)22-12-11-19-13-16(22)21-17;1-3-2/h7,11-13,15,20H,1-6,8-10H2;3H,1H2,2H3. The molecule has 2 heterocycles. The van der Waals surface area contributed by atoms with Gasteiger partial charge in [-0.1, -0.05) is 31.4 Å². The molecule has 0 atom stereocenters. The summed E-state index contributed by atoms with van der Waals surface area (Å²) in [6.07, 6.45) is 21.4. The van der Waals surface area contributed by atoms with Gasteiger partial charge in [0.1, 0.15) is 11.5 Å². The Hall–Kier alpha value is -2.10. The lowest BCUT2D eigenvalue weighted by Crippen LogP contribution is -2.23.